The molecule has 1 saturated carbocycles. The number of nitrogens with two attached hydrogens (primary N) is 1. The number of rotatable bonds is 6. The maximum Gasteiger partial charge on any atom is 0.221 e. The van der Waals surface area contributed by atoms with E-state index in [4.69, 9.17) is 5.73 Å². The number of hydrogen-bond acceptors (Lipinski definition) is 2. The van der Waals surface area contributed by atoms with Gasteiger partial charge in [0.25, 0.3) is 0 Å². The molecule has 0 aromatic rings. The second-order valence-electron chi connectivity index (χ2n) is 5.09. The van der Waals surface area contributed by atoms with Crippen molar-refractivity contribution in [1.82, 2.24) is 5.32 Å². The first kappa shape index (κ1) is 16.7. The van der Waals surface area contributed by atoms with Crippen LogP contribution in [0.15, 0.2) is 0 Å². The van der Waals surface area contributed by atoms with Crippen LogP contribution in [-0.2, 0) is 4.79 Å². The van der Waals surface area contributed by atoms with E-state index >= 15 is 0 Å². The zero-order chi connectivity index (χ0) is 11.8. The van der Waals surface area contributed by atoms with Crippen LogP contribution in [-0.4, -0.2) is 18.5 Å². The first-order chi connectivity index (χ1) is 7.72. The zero-order valence-electron chi connectivity index (χ0n) is 10.9. The van der Waals surface area contributed by atoms with Gasteiger partial charge in [-0.05, 0) is 25.7 Å². The molecule has 0 heterocycles. The van der Waals surface area contributed by atoms with E-state index in [1.807, 2.05) is 0 Å². The number of carbonyl (C=O) groups excluding carboxylic acids is 1. The maximum atomic E-state index is 11.3. The lowest BCUT2D eigenvalue weighted by Crippen LogP contribution is -2.34. The zero-order valence-corrected chi connectivity index (χ0v) is 11.7. The minimum Gasteiger partial charge on any atom is -0.354 e. The lowest BCUT2D eigenvalue weighted by molar-refractivity contribution is -0.121. The van der Waals surface area contributed by atoms with Gasteiger partial charge in [0.15, 0.2) is 0 Å². The smallest absolute Gasteiger partial charge is 0.221 e. The van der Waals surface area contributed by atoms with Crippen LogP contribution in [0.3, 0.4) is 0 Å². The molecule has 3 N–H and O–H groups in total. The Balaban J connectivity index is 0.00000256. The van der Waals surface area contributed by atoms with Crippen molar-refractivity contribution in [2.75, 3.05) is 6.54 Å². The highest BCUT2D eigenvalue weighted by molar-refractivity contribution is 5.85. The lowest BCUT2D eigenvalue weighted by atomic mass is 9.85. The Morgan fingerprint density at radius 2 is 2.00 bits per heavy atom. The Morgan fingerprint density at radius 1 is 1.35 bits per heavy atom. The van der Waals surface area contributed by atoms with E-state index in [0.29, 0.717) is 19.0 Å². The summed E-state index contributed by atoms with van der Waals surface area (Å²) < 4.78 is 0. The van der Waals surface area contributed by atoms with Crippen molar-refractivity contribution < 1.29 is 4.79 Å². The van der Waals surface area contributed by atoms with Gasteiger partial charge in [-0.3, -0.25) is 4.79 Å². The Labute approximate surface area is 111 Å². The van der Waals surface area contributed by atoms with E-state index in [0.717, 1.165) is 12.3 Å². The SMILES string of the molecule is CC(CCC1CCCCC1)NC(=O)CCN.Cl. The summed E-state index contributed by atoms with van der Waals surface area (Å²) in [5.74, 6) is 1.00. The molecule has 0 aromatic carbocycles. The fourth-order valence-corrected chi connectivity index (χ4v) is 2.51. The van der Waals surface area contributed by atoms with Crippen LogP contribution in [0, 0.1) is 5.92 Å². The normalized spacial score (nSPS) is 18.2. The molecule has 0 aromatic heterocycles. The van der Waals surface area contributed by atoms with Gasteiger partial charge in [-0.25, -0.2) is 0 Å². The lowest BCUT2D eigenvalue weighted by Gasteiger charge is -2.23. The first-order valence-electron chi connectivity index (χ1n) is 6.71. The van der Waals surface area contributed by atoms with Gasteiger partial charge in [-0.1, -0.05) is 32.1 Å². The average Bonchev–Trinajstić information content (AvgIpc) is 2.28. The molecule has 3 nitrogen and oxygen atoms in total. The van der Waals surface area contributed by atoms with Crippen LogP contribution < -0.4 is 11.1 Å². The molecular formula is C13H27ClN2O. The van der Waals surface area contributed by atoms with Crippen LogP contribution in [0.5, 0.6) is 0 Å². The van der Waals surface area contributed by atoms with Crippen LogP contribution in [0.4, 0.5) is 0 Å². The Kier molecular flexibility index (Phi) is 9.56. The minimum absolute atomic E-state index is 0. The summed E-state index contributed by atoms with van der Waals surface area (Å²) in [4.78, 5) is 11.3. The van der Waals surface area contributed by atoms with E-state index in [2.05, 4.69) is 12.2 Å². The van der Waals surface area contributed by atoms with Crippen molar-refractivity contribution in [1.29, 1.82) is 0 Å². The van der Waals surface area contributed by atoms with Gasteiger partial charge >= 0.3 is 0 Å². The number of amides is 1. The number of nitrogens with one attached hydrogen (secondary N) is 1. The highest BCUT2D eigenvalue weighted by Gasteiger charge is 2.15. The highest BCUT2D eigenvalue weighted by Crippen LogP contribution is 2.27. The molecule has 1 rings (SSSR count). The largest absolute Gasteiger partial charge is 0.354 e. The summed E-state index contributed by atoms with van der Waals surface area (Å²) in [7, 11) is 0. The van der Waals surface area contributed by atoms with Crippen molar-refractivity contribution >= 4 is 18.3 Å². The first-order valence-corrected chi connectivity index (χ1v) is 6.71. The van der Waals surface area contributed by atoms with Gasteiger partial charge < -0.3 is 11.1 Å². The molecule has 1 atom stereocenters. The molecule has 1 amide bonds. The van der Waals surface area contributed by atoms with E-state index in [9.17, 15) is 4.79 Å². The summed E-state index contributed by atoms with van der Waals surface area (Å²) in [6, 6.07) is 0.306. The molecule has 1 aliphatic carbocycles. The summed E-state index contributed by atoms with van der Waals surface area (Å²) in [6.45, 7) is 2.54. The summed E-state index contributed by atoms with van der Waals surface area (Å²) in [5.41, 5.74) is 5.34. The van der Waals surface area contributed by atoms with Gasteiger partial charge in [-0.2, -0.15) is 0 Å². The Bertz CT molecular complexity index is 206. The minimum atomic E-state index is 0. The summed E-state index contributed by atoms with van der Waals surface area (Å²) in [6.07, 6.45) is 9.84. The van der Waals surface area contributed by atoms with E-state index in [1.165, 1.54) is 38.5 Å². The number of halogens is 1. The quantitative estimate of drug-likeness (QED) is 0.773. The van der Waals surface area contributed by atoms with Gasteiger partial charge in [0.1, 0.15) is 0 Å². The average molecular weight is 263 g/mol. The highest BCUT2D eigenvalue weighted by atomic mass is 35.5. The molecular weight excluding hydrogens is 236 g/mol. The van der Waals surface area contributed by atoms with E-state index in [-0.39, 0.29) is 18.3 Å². The van der Waals surface area contributed by atoms with Crippen molar-refractivity contribution in [3.8, 4) is 0 Å². The predicted molar refractivity (Wildman–Crippen MR) is 74.3 cm³/mol. The molecule has 0 aliphatic heterocycles. The van der Waals surface area contributed by atoms with Crippen molar-refractivity contribution in [2.45, 2.75) is 64.3 Å². The monoisotopic (exact) mass is 262 g/mol. The molecule has 0 bridgehead atoms. The van der Waals surface area contributed by atoms with Crippen LogP contribution in [0.2, 0.25) is 0 Å². The molecule has 0 radical (unpaired) electrons. The van der Waals surface area contributed by atoms with E-state index in [1.54, 1.807) is 0 Å². The molecule has 1 aliphatic rings. The van der Waals surface area contributed by atoms with E-state index < -0.39 is 0 Å². The maximum absolute atomic E-state index is 11.3. The molecule has 0 saturated heterocycles. The summed E-state index contributed by atoms with van der Waals surface area (Å²) in [5, 5.41) is 3.00. The van der Waals surface area contributed by atoms with Crippen molar-refractivity contribution in [2.24, 2.45) is 11.7 Å². The second kappa shape index (κ2) is 9.72. The van der Waals surface area contributed by atoms with Crippen LogP contribution in [0.25, 0.3) is 0 Å². The standard InChI is InChI=1S/C13H26N2O.ClH/c1-11(15-13(16)9-10-14)7-8-12-5-3-2-4-6-12;/h11-12H,2-10,14H2,1H3,(H,15,16);1H. The van der Waals surface area contributed by atoms with Gasteiger partial charge in [0.2, 0.25) is 5.91 Å². The topological polar surface area (TPSA) is 55.1 Å². The van der Waals surface area contributed by atoms with Crippen molar-refractivity contribution in [3.05, 3.63) is 0 Å². The fraction of sp³-hybridized carbons (Fsp3) is 0.923. The Hall–Kier alpha value is -0.280. The van der Waals surface area contributed by atoms with Crippen LogP contribution in [0.1, 0.15) is 58.3 Å². The Morgan fingerprint density at radius 3 is 2.59 bits per heavy atom. The molecule has 1 unspecified atom stereocenters. The summed E-state index contributed by atoms with van der Waals surface area (Å²) >= 11 is 0. The molecule has 17 heavy (non-hydrogen) atoms. The van der Waals surface area contributed by atoms with Gasteiger partial charge in [0.05, 0.1) is 0 Å². The third kappa shape index (κ3) is 7.61. The molecule has 1 fully saturated rings. The second-order valence-corrected chi connectivity index (χ2v) is 5.09. The predicted octanol–water partition coefficient (Wildman–Crippen LogP) is 2.62. The third-order valence-corrected chi connectivity index (χ3v) is 3.51. The third-order valence-electron chi connectivity index (χ3n) is 3.51. The van der Waals surface area contributed by atoms with Gasteiger partial charge in [-0.15, -0.1) is 12.4 Å². The number of carbonyl (C=O) groups is 1. The number of hydrogen-bond donors (Lipinski definition) is 2. The fourth-order valence-electron chi connectivity index (χ4n) is 2.51. The van der Waals surface area contributed by atoms with Crippen LogP contribution >= 0.6 is 12.4 Å². The van der Waals surface area contributed by atoms with Crippen molar-refractivity contribution in [3.63, 3.8) is 0 Å². The molecule has 102 valence electrons. The molecule has 0 spiro atoms. The van der Waals surface area contributed by atoms with Gasteiger partial charge in [0, 0.05) is 19.0 Å². The molecule has 4 heteroatoms.